The molecule has 0 fully saturated rings. The maximum absolute atomic E-state index is 14.5. The highest BCUT2D eigenvalue weighted by Crippen LogP contribution is 2.33. The van der Waals surface area contributed by atoms with Gasteiger partial charge in [-0.15, -0.1) is 5.10 Å². The molecule has 36 heavy (non-hydrogen) atoms. The van der Waals surface area contributed by atoms with Crippen molar-refractivity contribution in [1.82, 2.24) is 19.7 Å². The Morgan fingerprint density at radius 3 is 2.47 bits per heavy atom. The van der Waals surface area contributed by atoms with Crippen LogP contribution in [0, 0.1) is 17.5 Å². The highest BCUT2D eigenvalue weighted by Gasteiger charge is 2.21. The van der Waals surface area contributed by atoms with Crippen LogP contribution in [0.3, 0.4) is 0 Å². The summed E-state index contributed by atoms with van der Waals surface area (Å²) >= 11 is 0. The summed E-state index contributed by atoms with van der Waals surface area (Å²) in [6.45, 7) is 0.495. The Balaban J connectivity index is 1.55. The van der Waals surface area contributed by atoms with Gasteiger partial charge in [0, 0.05) is 18.2 Å². The van der Waals surface area contributed by atoms with E-state index >= 15 is 0 Å². The molecule has 7 nitrogen and oxygen atoms in total. The number of halogens is 3. The van der Waals surface area contributed by atoms with Gasteiger partial charge in [-0.1, -0.05) is 24.3 Å². The fourth-order valence-corrected chi connectivity index (χ4v) is 3.88. The topological polar surface area (TPSA) is 90.9 Å². The predicted molar refractivity (Wildman–Crippen MR) is 132 cm³/mol. The maximum Gasteiger partial charge on any atom is 0.225 e. The summed E-state index contributed by atoms with van der Waals surface area (Å²) in [6.07, 6.45) is 0.672. The number of anilines is 2. The van der Waals surface area contributed by atoms with Crippen molar-refractivity contribution >= 4 is 22.8 Å². The van der Waals surface area contributed by atoms with Crippen LogP contribution in [-0.4, -0.2) is 33.4 Å². The van der Waals surface area contributed by atoms with Crippen molar-refractivity contribution in [2.75, 3.05) is 24.7 Å². The van der Waals surface area contributed by atoms with Gasteiger partial charge in [-0.3, -0.25) is 0 Å². The van der Waals surface area contributed by atoms with E-state index in [-0.39, 0.29) is 23.1 Å². The van der Waals surface area contributed by atoms with Crippen LogP contribution in [0.15, 0.2) is 66.7 Å². The number of hydrogen-bond donors (Lipinski definition) is 2. The molecule has 2 aromatic heterocycles. The Hall–Kier alpha value is -4.60. The van der Waals surface area contributed by atoms with Gasteiger partial charge in [-0.2, -0.15) is 4.98 Å². The average Bonchev–Trinajstić information content (AvgIpc) is 3.21. The molecule has 0 aliphatic heterocycles. The van der Waals surface area contributed by atoms with Crippen LogP contribution in [0.5, 0.6) is 5.75 Å². The van der Waals surface area contributed by atoms with Crippen LogP contribution in [0.25, 0.3) is 28.0 Å². The predicted octanol–water partition coefficient (Wildman–Crippen LogP) is 5.15. The third-order valence-electron chi connectivity index (χ3n) is 5.66. The smallest absolute Gasteiger partial charge is 0.225 e. The highest BCUT2D eigenvalue weighted by molar-refractivity contribution is 5.99. The lowest BCUT2D eigenvalue weighted by Crippen LogP contribution is -2.09. The van der Waals surface area contributed by atoms with Crippen LogP contribution in [0.4, 0.5) is 24.9 Å². The Morgan fingerprint density at radius 2 is 1.72 bits per heavy atom. The third-order valence-corrected chi connectivity index (χ3v) is 5.66. The van der Waals surface area contributed by atoms with Crippen LogP contribution in [-0.2, 0) is 6.42 Å². The van der Waals surface area contributed by atoms with Crippen molar-refractivity contribution in [2.24, 2.45) is 0 Å². The van der Waals surface area contributed by atoms with Crippen molar-refractivity contribution in [3.05, 3.63) is 89.7 Å². The summed E-state index contributed by atoms with van der Waals surface area (Å²) in [4.78, 5) is 9.01. The molecule has 0 radical (unpaired) electrons. The monoisotopic (exact) mass is 490 g/mol. The number of methoxy groups -OCH3 is 1. The van der Waals surface area contributed by atoms with E-state index < -0.39 is 17.5 Å². The zero-order valence-corrected chi connectivity index (χ0v) is 19.2. The highest BCUT2D eigenvalue weighted by atomic mass is 19.1. The van der Waals surface area contributed by atoms with Gasteiger partial charge < -0.3 is 15.8 Å². The van der Waals surface area contributed by atoms with E-state index in [4.69, 9.17) is 10.5 Å². The van der Waals surface area contributed by atoms with Crippen molar-refractivity contribution in [2.45, 2.75) is 6.42 Å². The van der Waals surface area contributed by atoms with Crippen molar-refractivity contribution in [3.63, 3.8) is 0 Å². The third kappa shape index (κ3) is 4.52. The molecule has 0 unspecified atom stereocenters. The minimum absolute atomic E-state index is 0.00135. The fourth-order valence-electron chi connectivity index (χ4n) is 3.88. The van der Waals surface area contributed by atoms with E-state index in [0.29, 0.717) is 29.6 Å². The van der Waals surface area contributed by atoms with Crippen molar-refractivity contribution in [1.29, 1.82) is 0 Å². The van der Waals surface area contributed by atoms with Crippen LogP contribution in [0.1, 0.15) is 5.56 Å². The largest absolute Gasteiger partial charge is 0.497 e. The summed E-state index contributed by atoms with van der Waals surface area (Å²) in [7, 11) is 1.61. The molecule has 5 rings (SSSR count). The van der Waals surface area contributed by atoms with Crippen LogP contribution in [0.2, 0.25) is 0 Å². The molecule has 3 N–H and O–H groups in total. The van der Waals surface area contributed by atoms with Gasteiger partial charge in [0.25, 0.3) is 0 Å². The number of nitrogens with one attached hydrogen (secondary N) is 1. The van der Waals surface area contributed by atoms with E-state index in [9.17, 15) is 13.2 Å². The lowest BCUT2D eigenvalue weighted by Gasteiger charge is -2.09. The lowest BCUT2D eigenvalue weighted by molar-refractivity contribution is 0.414. The second-order valence-corrected chi connectivity index (χ2v) is 8.02. The molecule has 0 spiro atoms. The number of aromatic nitrogens is 4. The second kappa shape index (κ2) is 9.57. The minimum Gasteiger partial charge on any atom is -0.497 e. The van der Waals surface area contributed by atoms with Crippen LogP contribution < -0.4 is 15.8 Å². The zero-order valence-electron chi connectivity index (χ0n) is 19.2. The Labute approximate surface area is 204 Å². The van der Waals surface area contributed by atoms with Gasteiger partial charge in [-0.05, 0) is 48.4 Å². The Morgan fingerprint density at radius 1 is 0.944 bits per heavy atom. The number of fused-ring (bicyclic) bond motifs is 1. The molecule has 10 heteroatoms. The SMILES string of the molecule is COc1ccc(CCNc2nc(-c3cccc(F)c3)c3c(N)n(-c4cc(F)ccc4F)nc3n2)cc1. The van der Waals surface area contributed by atoms with Gasteiger partial charge >= 0.3 is 0 Å². The number of rotatable bonds is 7. The molecular weight excluding hydrogens is 469 g/mol. The molecule has 3 aromatic carbocycles. The molecule has 2 heterocycles. The molecule has 0 aliphatic carbocycles. The molecule has 0 aliphatic rings. The number of hydrogen-bond acceptors (Lipinski definition) is 6. The van der Waals surface area contributed by atoms with E-state index in [1.807, 2.05) is 24.3 Å². The summed E-state index contributed by atoms with van der Waals surface area (Å²) in [5.41, 5.74) is 8.12. The van der Waals surface area contributed by atoms with Gasteiger partial charge in [0.2, 0.25) is 5.95 Å². The van der Waals surface area contributed by atoms with E-state index in [1.165, 1.54) is 12.1 Å². The van der Waals surface area contributed by atoms with E-state index in [2.05, 4.69) is 20.4 Å². The summed E-state index contributed by atoms with van der Waals surface area (Å²) in [6, 6.07) is 16.5. The molecule has 0 amide bonds. The number of nitrogens with two attached hydrogens (primary N) is 1. The van der Waals surface area contributed by atoms with Gasteiger partial charge in [0.05, 0.1) is 18.2 Å². The van der Waals surface area contributed by atoms with Crippen LogP contribution >= 0.6 is 0 Å². The average molecular weight is 490 g/mol. The van der Waals surface area contributed by atoms with Gasteiger partial charge in [0.1, 0.15) is 34.7 Å². The first kappa shape index (κ1) is 23.2. The normalized spacial score (nSPS) is 11.1. The van der Waals surface area contributed by atoms with E-state index in [0.717, 1.165) is 34.2 Å². The van der Waals surface area contributed by atoms with E-state index in [1.54, 1.807) is 19.2 Å². The first-order valence-electron chi connectivity index (χ1n) is 11.1. The minimum atomic E-state index is -0.714. The Kier molecular flexibility index (Phi) is 6.16. The number of nitrogen functional groups attached to an aromatic ring is 1. The summed E-state index contributed by atoms with van der Waals surface area (Å²) < 4.78 is 48.7. The quantitative estimate of drug-likeness (QED) is 0.328. The standard InChI is InChI=1S/C26H21F3N6O/c1-36-19-8-5-15(6-9-19)11-12-31-26-32-23(16-3-2-4-17(27)13-16)22-24(30)35(34-25(22)33-26)21-14-18(28)7-10-20(21)29/h2-10,13-14H,11-12,30H2,1H3,(H,31,33,34). The second-order valence-electron chi connectivity index (χ2n) is 8.02. The number of benzene rings is 3. The molecule has 0 saturated carbocycles. The molecule has 0 bridgehead atoms. The summed E-state index contributed by atoms with van der Waals surface area (Å²) in [5, 5.41) is 7.78. The number of ether oxygens (including phenoxy) is 1. The molecule has 0 atom stereocenters. The molecule has 0 saturated heterocycles. The first-order valence-corrected chi connectivity index (χ1v) is 11.1. The Bertz CT molecular complexity index is 1550. The zero-order chi connectivity index (χ0) is 25.2. The summed E-state index contributed by atoms with van der Waals surface area (Å²) in [5.74, 6) is -0.826. The van der Waals surface area contributed by atoms with Gasteiger partial charge in [0.15, 0.2) is 5.65 Å². The maximum atomic E-state index is 14.5. The number of nitrogens with zero attached hydrogens (tertiary/aromatic N) is 4. The van der Waals surface area contributed by atoms with Crippen molar-refractivity contribution in [3.8, 4) is 22.7 Å². The fraction of sp³-hybridized carbons (Fsp3) is 0.115. The van der Waals surface area contributed by atoms with Gasteiger partial charge in [-0.25, -0.2) is 22.8 Å². The molecule has 182 valence electrons. The lowest BCUT2D eigenvalue weighted by atomic mass is 10.1. The first-order chi connectivity index (χ1) is 17.4. The molecule has 5 aromatic rings. The molecular formula is C26H21F3N6O. The van der Waals surface area contributed by atoms with Crippen molar-refractivity contribution < 1.29 is 17.9 Å².